The van der Waals surface area contributed by atoms with Gasteiger partial charge in [0.05, 0.1) is 18.4 Å². The van der Waals surface area contributed by atoms with E-state index in [-0.39, 0.29) is 12.1 Å². The highest BCUT2D eigenvalue weighted by atomic mass is 35.5. The molecule has 4 N–H and O–H groups in total. The molecule has 3 rings (SSSR count). The van der Waals surface area contributed by atoms with Gasteiger partial charge in [-0.15, -0.1) is 0 Å². The van der Waals surface area contributed by atoms with Crippen molar-refractivity contribution in [1.82, 2.24) is 25.3 Å². The summed E-state index contributed by atoms with van der Waals surface area (Å²) in [4.78, 5) is 17.6. The average Bonchev–Trinajstić information content (AvgIpc) is 3.16. The van der Waals surface area contributed by atoms with E-state index in [0.29, 0.717) is 24.7 Å². The molecule has 1 aliphatic heterocycles. The molecule has 2 aromatic rings. The number of nitrogens with two attached hydrogens (primary N) is 1. The summed E-state index contributed by atoms with van der Waals surface area (Å²) in [7, 11) is 0. The maximum Gasteiger partial charge on any atom is 0.314 e. The van der Waals surface area contributed by atoms with E-state index in [1.54, 1.807) is 9.58 Å². The summed E-state index contributed by atoms with van der Waals surface area (Å²) < 4.78 is 1.81. The number of likely N-dealkylation sites (tertiary alicyclic amines) is 1. The number of urea groups is 1. The van der Waals surface area contributed by atoms with E-state index in [0.717, 1.165) is 36.6 Å². The molecule has 2 amide bonds. The Morgan fingerprint density at radius 2 is 2.04 bits per heavy atom. The molecular weight excluding hydrogens is 378 g/mol. The summed E-state index contributed by atoms with van der Waals surface area (Å²) in [6.07, 6.45) is 5.47. The molecule has 0 radical (unpaired) electrons. The Morgan fingerprint density at radius 1 is 1.32 bits per heavy atom. The zero-order valence-electron chi connectivity index (χ0n) is 15.9. The lowest BCUT2D eigenvalue weighted by Crippen LogP contribution is -2.50. The van der Waals surface area contributed by atoms with E-state index < -0.39 is 0 Å². The second-order valence-electron chi connectivity index (χ2n) is 6.71. The number of aromatic nitrogens is 2. The largest absolute Gasteiger partial charge is 0.357 e. The van der Waals surface area contributed by atoms with Crippen molar-refractivity contribution >= 4 is 23.6 Å². The summed E-state index contributed by atoms with van der Waals surface area (Å²) in [6, 6.07) is 7.45. The van der Waals surface area contributed by atoms with Gasteiger partial charge in [0, 0.05) is 42.5 Å². The van der Waals surface area contributed by atoms with Gasteiger partial charge in [0.15, 0.2) is 5.96 Å². The van der Waals surface area contributed by atoms with Crippen molar-refractivity contribution in [2.75, 3.05) is 19.6 Å². The number of benzene rings is 1. The van der Waals surface area contributed by atoms with Crippen LogP contribution in [0.5, 0.6) is 0 Å². The Hall–Kier alpha value is -2.74. The lowest BCUT2D eigenvalue weighted by molar-refractivity contribution is 0.188. The number of hydrogen-bond acceptors (Lipinski definition) is 3. The van der Waals surface area contributed by atoms with Crippen LogP contribution in [0, 0.1) is 0 Å². The molecule has 0 bridgehead atoms. The van der Waals surface area contributed by atoms with Gasteiger partial charge < -0.3 is 21.3 Å². The molecular formula is C19H26ClN7O. The normalized spacial score (nSPS) is 15.5. The molecule has 0 atom stereocenters. The smallest absolute Gasteiger partial charge is 0.314 e. The molecule has 1 aromatic heterocycles. The second-order valence-corrected chi connectivity index (χ2v) is 7.15. The Labute approximate surface area is 169 Å². The van der Waals surface area contributed by atoms with Gasteiger partial charge in [-0.05, 0) is 44.0 Å². The first-order chi connectivity index (χ1) is 13.5. The predicted molar refractivity (Wildman–Crippen MR) is 111 cm³/mol. The maximum atomic E-state index is 11.2. The number of guanidine groups is 1. The maximum absolute atomic E-state index is 11.2. The van der Waals surface area contributed by atoms with Gasteiger partial charge in [0.25, 0.3) is 0 Å². The molecule has 9 heteroatoms. The van der Waals surface area contributed by atoms with Crippen LogP contribution in [0.1, 0.15) is 25.3 Å². The molecule has 8 nitrogen and oxygen atoms in total. The number of aliphatic imine (C=N–C) groups is 1. The van der Waals surface area contributed by atoms with E-state index in [1.165, 1.54) is 0 Å². The van der Waals surface area contributed by atoms with E-state index in [4.69, 9.17) is 17.3 Å². The first-order valence-corrected chi connectivity index (χ1v) is 9.81. The molecule has 1 aliphatic rings. The van der Waals surface area contributed by atoms with Crippen LogP contribution in [0.3, 0.4) is 0 Å². The number of carbonyl (C=O) groups excluding carboxylic acids is 1. The standard InChI is InChI=1S/C19H26ClN7O/c1-2-22-19(25-16-7-9-26(10-8-16)18(21)28)23-11-14-12-24-27(13-14)17-5-3-15(20)4-6-17/h3-6,12-13,16H,2,7-11H2,1H3,(H2,21,28)(H2,22,23,25). The Balaban J connectivity index is 1.59. The Kier molecular flexibility index (Phi) is 6.76. The lowest BCUT2D eigenvalue weighted by atomic mass is 10.1. The van der Waals surface area contributed by atoms with Gasteiger partial charge in [0.1, 0.15) is 0 Å². The summed E-state index contributed by atoms with van der Waals surface area (Å²) in [5.41, 5.74) is 7.30. The highest BCUT2D eigenvalue weighted by molar-refractivity contribution is 6.30. The molecule has 0 spiro atoms. The third kappa shape index (κ3) is 5.39. The van der Waals surface area contributed by atoms with Crippen molar-refractivity contribution in [3.63, 3.8) is 0 Å². The number of nitrogens with one attached hydrogen (secondary N) is 2. The van der Waals surface area contributed by atoms with E-state index >= 15 is 0 Å². The highest BCUT2D eigenvalue weighted by Crippen LogP contribution is 2.14. The minimum absolute atomic E-state index is 0.269. The van der Waals surface area contributed by atoms with Crippen LogP contribution >= 0.6 is 11.6 Å². The van der Waals surface area contributed by atoms with E-state index in [1.807, 2.05) is 43.6 Å². The molecule has 150 valence electrons. The molecule has 0 aliphatic carbocycles. The number of rotatable bonds is 5. The van der Waals surface area contributed by atoms with Crippen molar-refractivity contribution in [3.8, 4) is 5.69 Å². The van der Waals surface area contributed by atoms with Crippen LogP contribution < -0.4 is 16.4 Å². The van der Waals surface area contributed by atoms with Crippen molar-refractivity contribution in [1.29, 1.82) is 0 Å². The van der Waals surface area contributed by atoms with Crippen molar-refractivity contribution in [2.45, 2.75) is 32.4 Å². The molecule has 1 fully saturated rings. The number of carbonyl (C=O) groups is 1. The topological polar surface area (TPSA) is 101 Å². The fraction of sp³-hybridized carbons (Fsp3) is 0.421. The third-order valence-corrected chi connectivity index (χ3v) is 4.89. The molecule has 0 saturated carbocycles. The Morgan fingerprint density at radius 3 is 2.68 bits per heavy atom. The average molecular weight is 404 g/mol. The SMILES string of the molecule is CCNC(=NCc1cnn(-c2ccc(Cl)cc2)c1)NC1CCN(C(N)=O)CC1. The summed E-state index contributed by atoms with van der Waals surface area (Å²) in [5.74, 6) is 0.763. The van der Waals surface area contributed by atoms with Gasteiger partial charge in [-0.3, -0.25) is 0 Å². The second kappa shape index (κ2) is 9.45. The van der Waals surface area contributed by atoms with Crippen LogP contribution in [0.4, 0.5) is 4.79 Å². The minimum Gasteiger partial charge on any atom is -0.357 e. The number of amides is 2. The van der Waals surface area contributed by atoms with Gasteiger partial charge in [-0.2, -0.15) is 5.10 Å². The van der Waals surface area contributed by atoms with Gasteiger partial charge in [-0.25, -0.2) is 14.5 Å². The first-order valence-electron chi connectivity index (χ1n) is 9.44. The minimum atomic E-state index is -0.350. The fourth-order valence-electron chi connectivity index (χ4n) is 3.10. The number of primary amides is 1. The zero-order valence-corrected chi connectivity index (χ0v) is 16.7. The van der Waals surface area contributed by atoms with Gasteiger partial charge in [0.2, 0.25) is 0 Å². The zero-order chi connectivity index (χ0) is 19.9. The first kappa shape index (κ1) is 20.0. The third-order valence-electron chi connectivity index (χ3n) is 4.64. The van der Waals surface area contributed by atoms with Gasteiger partial charge in [-0.1, -0.05) is 11.6 Å². The number of halogens is 1. The summed E-state index contributed by atoms with van der Waals surface area (Å²) in [5, 5.41) is 11.8. The lowest BCUT2D eigenvalue weighted by Gasteiger charge is -2.32. The number of hydrogen-bond donors (Lipinski definition) is 3. The molecule has 28 heavy (non-hydrogen) atoms. The monoisotopic (exact) mass is 403 g/mol. The number of piperidine rings is 1. The van der Waals surface area contributed by atoms with Crippen LogP contribution in [0.2, 0.25) is 5.02 Å². The number of nitrogens with zero attached hydrogens (tertiary/aromatic N) is 4. The molecule has 2 heterocycles. The van der Waals surface area contributed by atoms with Crippen molar-refractivity contribution < 1.29 is 4.79 Å². The van der Waals surface area contributed by atoms with Crippen molar-refractivity contribution in [2.24, 2.45) is 10.7 Å². The summed E-state index contributed by atoms with van der Waals surface area (Å²) >= 11 is 5.94. The molecule has 1 saturated heterocycles. The summed E-state index contributed by atoms with van der Waals surface area (Å²) in [6.45, 7) is 4.66. The van der Waals surface area contributed by atoms with Gasteiger partial charge >= 0.3 is 6.03 Å². The molecule has 1 aromatic carbocycles. The van der Waals surface area contributed by atoms with Crippen LogP contribution in [-0.4, -0.2) is 52.3 Å². The fourth-order valence-corrected chi connectivity index (χ4v) is 3.23. The van der Waals surface area contributed by atoms with Crippen LogP contribution in [0.25, 0.3) is 5.69 Å². The highest BCUT2D eigenvalue weighted by Gasteiger charge is 2.21. The van der Waals surface area contributed by atoms with E-state index in [9.17, 15) is 4.79 Å². The quantitative estimate of drug-likeness (QED) is 0.525. The van der Waals surface area contributed by atoms with E-state index in [2.05, 4.69) is 20.7 Å². The van der Waals surface area contributed by atoms with Crippen LogP contribution in [-0.2, 0) is 6.54 Å². The van der Waals surface area contributed by atoms with Crippen LogP contribution in [0.15, 0.2) is 41.7 Å². The Bertz CT molecular complexity index is 810. The van der Waals surface area contributed by atoms with Crippen molar-refractivity contribution in [3.05, 3.63) is 47.2 Å². The molecule has 0 unspecified atom stereocenters. The predicted octanol–water partition coefficient (Wildman–Crippen LogP) is 2.12.